The number of aromatic nitrogens is 2. The van der Waals surface area contributed by atoms with Crippen molar-refractivity contribution in [1.29, 1.82) is 0 Å². The highest BCUT2D eigenvalue weighted by Gasteiger charge is 2.09. The molecule has 1 aromatic heterocycles. The van der Waals surface area contributed by atoms with Crippen LogP contribution < -0.4 is 16.0 Å². The second-order valence-corrected chi connectivity index (χ2v) is 5.69. The highest BCUT2D eigenvalue weighted by molar-refractivity contribution is 7.99. The number of amides is 3. The largest absolute Gasteiger partial charge is 0.370 e. The van der Waals surface area contributed by atoms with Crippen LogP contribution in [0.5, 0.6) is 0 Å². The molecule has 1 heterocycles. The van der Waals surface area contributed by atoms with Crippen LogP contribution in [0.2, 0.25) is 0 Å². The van der Waals surface area contributed by atoms with Crippen molar-refractivity contribution < 1.29 is 9.59 Å². The predicted molar refractivity (Wildman–Crippen MR) is 91.6 cm³/mol. The molecule has 3 amide bonds. The molecular weight excluding hydrogens is 314 g/mol. The van der Waals surface area contributed by atoms with Gasteiger partial charge in [-0.2, -0.15) is 0 Å². The lowest BCUT2D eigenvalue weighted by Crippen LogP contribution is -2.37. The number of carbonyl (C=O) groups is 2. The Bertz CT molecular complexity index is 707. The Morgan fingerprint density at radius 3 is 2.74 bits per heavy atom. The third-order valence-electron chi connectivity index (χ3n) is 2.97. The summed E-state index contributed by atoms with van der Waals surface area (Å²) < 4.78 is 0. The second kappa shape index (κ2) is 8.33. The van der Waals surface area contributed by atoms with E-state index in [1.165, 1.54) is 18.8 Å². The van der Waals surface area contributed by atoms with Gasteiger partial charge in [-0.05, 0) is 19.1 Å². The third kappa shape index (κ3) is 4.82. The van der Waals surface area contributed by atoms with E-state index in [9.17, 15) is 9.59 Å². The Labute approximate surface area is 138 Å². The van der Waals surface area contributed by atoms with E-state index in [0.717, 1.165) is 23.3 Å². The summed E-state index contributed by atoms with van der Waals surface area (Å²) in [5.41, 5.74) is 0.857. The molecule has 23 heavy (non-hydrogen) atoms. The number of hydrogen-bond donors (Lipinski definition) is 3. The van der Waals surface area contributed by atoms with E-state index in [1.54, 1.807) is 0 Å². The summed E-state index contributed by atoms with van der Waals surface area (Å²) in [6.07, 6.45) is 0.213. The number of para-hydroxylation sites is 1. The maximum atomic E-state index is 11.5. The molecular formula is C15H19N5O2S. The molecule has 0 radical (unpaired) electrons. The van der Waals surface area contributed by atoms with Gasteiger partial charge in [0, 0.05) is 31.2 Å². The maximum Gasteiger partial charge on any atom is 0.321 e. The Balaban J connectivity index is 2.03. The predicted octanol–water partition coefficient (Wildman–Crippen LogP) is 2.00. The maximum absolute atomic E-state index is 11.5. The molecule has 7 nitrogen and oxygen atoms in total. The summed E-state index contributed by atoms with van der Waals surface area (Å²) in [5.74, 6) is 0.951. The van der Waals surface area contributed by atoms with Gasteiger partial charge in [0.25, 0.3) is 0 Å². The third-order valence-corrected chi connectivity index (χ3v) is 3.82. The Hall–Kier alpha value is -2.35. The molecule has 0 spiro atoms. The fraction of sp³-hybridized carbons (Fsp3) is 0.333. The van der Waals surface area contributed by atoms with Crippen LogP contribution in [0.3, 0.4) is 0 Å². The zero-order valence-electron chi connectivity index (χ0n) is 13.0. The van der Waals surface area contributed by atoms with E-state index in [0.29, 0.717) is 10.9 Å². The van der Waals surface area contributed by atoms with E-state index >= 15 is 0 Å². The number of fused-ring (bicyclic) bond motifs is 1. The zero-order valence-corrected chi connectivity index (χ0v) is 13.9. The fourth-order valence-electron chi connectivity index (χ4n) is 1.91. The highest BCUT2D eigenvalue weighted by Crippen LogP contribution is 2.24. The van der Waals surface area contributed by atoms with E-state index in [4.69, 9.17) is 0 Å². The van der Waals surface area contributed by atoms with Crippen molar-refractivity contribution in [3.05, 3.63) is 24.3 Å². The van der Waals surface area contributed by atoms with Gasteiger partial charge in [0.05, 0.1) is 5.52 Å². The summed E-state index contributed by atoms with van der Waals surface area (Å²) >= 11 is 1.38. The van der Waals surface area contributed by atoms with Crippen LogP contribution in [0, 0.1) is 0 Å². The van der Waals surface area contributed by atoms with Gasteiger partial charge in [-0.3, -0.25) is 10.1 Å². The Morgan fingerprint density at radius 1 is 1.22 bits per heavy atom. The van der Waals surface area contributed by atoms with Gasteiger partial charge in [0.1, 0.15) is 5.82 Å². The minimum absolute atomic E-state index is 0.213. The first kappa shape index (κ1) is 17.0. The van der Waals surface area contributed by atoms with Gasteiger partial charge >= 0.3 is 6.03 Å². The van der Waals surface area contributed by atoms with Gasteiger partial charge in [0.2, 0.25) is 5.91 Å². The number of nitrogens with zero attached hydrogens (tertiary/aromatic N) is 2. The number of nitrogens with one attached hydrogen (secondary N) is 3. The van der Waals surface area contributed by atoms with Crippen molar-refractivity contribution in [3.63, 3.8) is 0 Å². The van der Waals surface area contributed by atoms with Crippen molar-refractivity contribution in [2.75, 3.05) is 24.7 Å². The molecule has 3 N–H and O–H groups in total. The van der Waals surface area contributed by atoms with Crippen LogP contribution >= 0.6 is 11.8 Å². The van der Waals surface area contributed by atoms with Gasteiger partial charge in [-0.1, -0.05) is 23.9 Å². The quantitative estimate of drug-likeness (QED) is 0.553. The number of hydrogen-bond acceptors (Lipinski definition) is 6. The lowest BCUT2D eigenvalue weighted by molar-refractivity contribution is -0.119. The molecule has 0 atom stereocenters. The summed E-state index contributed by atoms with van der Waals surface area (Å²) in [4.78, 5) is 31.6. The van der Waals surface area contributed by atoms with Crippen LogP contribution in [0.4, 0.5) is 10.6 Å². The van der Waals surface area contributed by atoms with E-state index < -0.39 is 6.03 Å². The van der Waals surface area contributed by atoms with Crippen LogP contribution in [-0.4, -0.2) is 41.3 Å². The highest BCUT2D eigenvalue weighted by atomic mass is 32.2. The number of rotatable bonds is 6. The molecule has 0 saturated heterocycles. The molecule has 0 aliphatic heterocycles. The number of imide groups is 1. The monoisotopic (exact) mass is 333 g/mol. The summed E-state index contributed by atoms with van der Waals surface area (Å²) in [5, 5.41) is 9.36. The molecule has 0 fully saturated rings. The van der Waals surface area contributed by atoms with Crippen molar-refractivity contribution in [1.82, 2.24) is 20.6 Å². The minimum Gasteiger partial charge on any atom is -0.370 e. The first-order valence-corrected chi connectivity index (χ1v) is 8.27. The zero-order chi connectivity index (χ0) is 16.7. The second-order valence-electron chi connectivity index (χ2n) is 4.63. The molecule has 2 aromatic rings. The lowest BCUT2D eigenvalue weighted by atomic mass is 10.2. The van der Waals surface area contributed by atoms with Crippen LogP contribution in [-0.2, 0) is 4.79 Å². The van der Waals surface area contributed by atoms with Crippen molar-refractivity contribution >= 4 is 40.4 Å². The molecule has 0 aliphatic carbocycles. The fourth-order valence-corrected chi connectivity index (χ4v) is 2.70. The number of thioether (sulfide) groups is 1. The topological polar surface area (TPSA) is 96.0 Å². The van der Waals surface area contributed by atoms with E-state index in [1.807, 2.05) is 31.2 Å². The Morgan fingerprint density at radius 2 is 2.00 bits per heavy atom. The first-order valence-electron chi connectivity index (χ1n) is 7.29. The standard InChI is InChI=1S/C15H19N5O2S/c1-3-17-13-10-6-4-5-7-11(10)18-15(20-13)23-9-8-12(21)19-14(22)16-2/h4-7H,3,8-9H2,1-2H3,(H,17,18,20)(H2,16,19,21,22). The van der Waals surface area contributed by atoms with E-state index in [-0.39, 0.29) is 12.3 Å². The molecule has 122 valence electrons. The van der Waals surface area contributed by atoms with E-state index in [2.05, 4.69) is 25.9 Å². The summed E-state index contributed by atoms with van der Waals surface area (Å²) in [6, 6.07) is 7.27. The normalized spacial score (nSPS) is 10.3. The number of anilines is 1. The van der Waals surface area contributed by atoms with Crippen molar-refractivity contribution in [3.8, 4) is 0 Å². The van der Waals surface area contributed by atoms with Crippen LogP contribution in [0.25, 0.3) is 10.9 Å². The minimum atomic E-state index is -0.503. The Kier molecular flexibility index (Phi) is 6.16. The average molecular weight is 333 g/mol. The molecule has 0 unspecified atom stereocenters. The molecule has 1 aromatic carbocycles. The molecule has 2 rings (SSSR count). The summed E-state index contributed by atoms with van der Waals surface area (Å²) in [7, 11) is 1.46. The van der Waals surface area contributed by atoms with Gasteiger partial charge in [-0.15, -0.1) is 0 Å². The lowest BCUT2D eigenvalue weighted by Gasteiger charge is -2.09. The van der Waals surface area contributed by atoms with Gasteiger partial charge in [0.15, 0.2) is 5.16 Å². The molecule has 8 heteroatoms. The number of urea groups is 1. The SMILES string of the molecule is CCNc1nc(SCCC(=O)NC(=O)NC)nc2ccccc12. The van der Waals surface area contributed by atoms with Gasteiger partial charge < -0.3 is 10.6 Å². The van der Waals surface area contributed by atoms with Crippen molar-refractivity contribution in [2.24, 2.45) is 0 Å². The van der Waals surface area contributed by atoms with Crippen LogP contribution in [0.15, 0.2) is 29.4 Å². The van der Waals surface area contributed by atoms with Gasteiger partial charge in [-0.25, -0.2) is 14.8 Å². The number of benzene rings is 1. The first-order chi connectivity index (χ1) is 11.1. The number of carbonyl (C=O) groups excluding carboxylic acids is 2. The van der Waals surface area contributed by atoms with Crippen molar-refractivity contribution in [2.45, 2.75) is 18.5 Å². The molecule has 0 saturated carbocycles. The molecule has 0 bridgehead atoms. The summed E-state index contributed by atoms with van der Waals surface area (Å²) in [6.45, 7) is 2.77. The molecule has 0 aliphatic rings. The smallest absolute Gasteiger partial charge is 0.321 e. The average Bonchev–Trinajstić information content (AvgIpc) is 2.55. The van der Waals surface area contributed by atoms with Crippen LogP contribution in [0.1, 0.15) is 13.3 Å².